The summed E-state index contributed by atoms with van der Waals surface area (Å²) in [5.74, 6) is 0.701. The Hall–Kier alpha value is -6.78. The predicted molar refractivity (Wildman–Crippen MR) is 205 cm³/mol. The van der Waals surface area contributed by atoms with Crippen molar-refractivity contribution in [3.05, 3.63) is 176 Å². The van der Waals surface area contributed by atoms with Gasteiger partial charge < -0.3 is 8.98 Å². The normalized spacial score (nSPS) is 11.6. The molecule has 3 aromatic heterocycles. The van der Waals surface area contributed by atoms with Crippen molar-refractivity contribution in [2.24, 2.45) is 0 Å². The Morgan fingerprint density at radius 3 is 1.74 bits per heavy atom. The van der Waals surface area contributed by atoms with E-state index < -0.39 is 0 Å². The van der Waals surface area contributed by atoms with Crippen LogP contribution in [0.5, 0.6) is 0 Å². The highest BCUT2D eigenvalue weighted by Gasteiger charge is 2.18. The lowest BCUT2D eigenvalue weighted by Crippen LogP contribution is -1.96. The second kappa shape index (κ2) is 11.4. The maximum atomic E-state index is 6.27. The third kappa shape index (κ3) is 4.61. The van der Waals surface area contributed by atoms with E-state index in [4.69, 9.17) is 14.4 Å². The lowest BCUT2D eigenvalue weighted by molar-refractivity contribution is 0.669. The number of rotatable bonds is 5. The molecule has 3 heterocycles. The van der Waals surface area contributed by atoms with Crippen LogP contribution in [-0.4, -0.2) is 14.5 Å². The van der Waals surface area contributed by atoms with Crippen LogP contribution in [0.4, 0.5) is 0 Å². The molecule has 0 unspecified atom stereocenters. The van der Waals surface area contributed by atoms with E-state index >= 15 is 0 Å². The fraction of sp³-hybridized carbons (Fsp3) is 0. The van der Waals surface area contributed by atoms with Crippen LogP contribution in [0.2, 0.25) is 0 Å². The summed E-state index contributed by atoms with van der Waals surface area (Å²) in [4.78, 5) is 10.1. The highest BCUT2D eigenvalue weighted by atomic mass is 16.3. The standard InChI is InChI=1S/C46H29N3O/c1-3-12-31(13-4-1)38-29-39(32-14-5-2-6-15-32)48-46(47-38)34-17-11-16-33(28-34)30-22-24-35(25-23-30)49-40-20-9-7-18-36(40)44-41(49)26-27-43-45(44)37-19-8-10-21-42(37)50-43/h1-29H. The molecule has 0 N–H and O–H groups in total. The van der Waals surface area contributed by atoms with E-state index in [0.29, 0.717) is 5.82 Å². The van der Waals surface area contributed by atoms with Gasteiger partial charge >= 0.3 is 0 Å². The summed E-state index contributed by atoms with van der Waals surface area (Å²) in [6.45, 7) is 0. The molecule has 7 aromatic carbocycles. The zero-order valence-electron chi connectivity index (χ0n) is 27.0. The molecule has 0 bridgehead atoms. The van der Waals surface area contributed by atoms with Crippen LogP contribution in [0.1, 0.15) is 0 Å². The van der Waals surface area contributed by atoms with Gasteiger partial charge in [0, 0.05) is 43.9 Å². The number of aromatic nitrogens is 3. The number of nitrogens with zero attached hydrogens (tertiary/aromatic N) is 3. The van der Waals surface area contributed by atoms with Crippen molar-refractivity contribution in [2.45, 2.75) is 0 Å². The molecule has 234 valence electrons. The summed E-state index contributed by atoms with van der Waals surface area (Å²) < 4.78 is 8.63. The second-order valence-corrected chi connectivity index (χ2v) is 12.6. The average molecular weight is 640 g/mol. The highest BCUT2D eigenvalue weighted by molar-refractivity contribution is 6.27. The number of para-hydroxylation sites is 2. The number of fused-ring (bicyclic) bond motifs is 7. The zero-order chi connectivity index (χ0) is 33.0. The molecule has 0 spiro atoms. The summed E-state index contributed by atoms with van der Waals surface area (Å²) in [6, 6.07) is 61.3. The number of hydrogen-bond donors (Lipinski definition) is 0. The summed E-state index contributed by atoms with van der Waals surface area (Å²) in [5, 5.41) is 4.73. The van der Waals surface area contributed by atoms with E-state index in [1.54, 1.807) is 0 Å². The largest absolute Gasteiger partial charge is 0.456 e. The molecule has 0 fully saturated rings. The van der Waals surface area contributed by atoms with Gasteiger partial charge in [0.2, 0.25) is 0 Å². The molecule has 50 heavy (non-hydrogen) atoms. The van der Waals surface area contributed by atoms with Crippen LogP contribution < -0.4 is 0 Å². The number of hydrogen-bond acceptors (Lipinski definition) is 3. The van der Waals surface area contributed by atoms with Crippen LogP contribution in [-0.2, 0) is 0 Å². The Kier molecular flexibility index (Phi) is 6.46. The molecule has 10 rings (SSSR count). The Morgan fingerprint density at radius 1 is 0.380 bits per heavy atom. The van der Waals surface area contributed by atoms with Crippen molar-refractivity contribution in [1.82, 2.24) is 14.5 Å². The van der Waals surface area contributed by atoms with Gasteiger partial charge in [0.15, 0.2) is 5.82 Å². The molecule has 0 amide bonds. The molecule has 10 aromatic rings. The van der Waals surface area contributed by atoms with Crippen molar-refractivity contribution in [3.8, 4) is 50.7 Å². The average Bonchev–Trinajstić information content (AvgIpc) is 3.74. The molecule has 0 radical (unpaired) electrons. The summed E-state index contributed by atoms with van der Waals surface area (Å²) in [6.07, 6.45) is 0. The van der Waals surface area contributed by atoms with Gasteiger partial charge in [0.25, 0.3) is 0 Å². The molecule has 4 heteroatoms. The van der Waals surface area contributed by atoms with Crippen LogP contribution in [0, 0.1) is 0 Å². The van der Waals surface area contributed by atoms with E-state index in [2.05, 4.69) is 132 Å². The van der Waals surface area contributed by atoms with Gasteiger partial charge in [0.05, 0.1) is 22.4 Å². The Labute approximate surface area is 288 Å². The van der Waals surface area contributed by atoms with Gasteiger partial charge in [-0.2, -0.15) is 0 Å². The van der Waals surface area contributed by atoms with Gasteiger partial charge in [-0.1, -0.05) is 127 Å². The van der Waals surface area contributed by atoms with Gasteiger partial charge in [-0.25, -0.2) is 9.97 Å². The summed E-state index contributed by atoms with van der Waals surface area (Å²) in [7, 11) is 0. The van der Waals surface area contributed by atoms with Gasteiger partial charge in [0.1, 0.15) is 11.2 Å². The minimum atomic E-state index is 0.701. The molecular weight excluding hydrogens is 611 g/mol. The predicted octanol–water partition coefficient (Wildman–Crippen LogP) is 12.1. The van der Waals surface area contributed by atoms with E-state index in [9.17, 15) is 0 Å². The van der Waals surface area contributed by atoms with Crippen LogP contribution >= 0.6 is 0 Å². The van der Waals surface area contributed by atoms with Crippen molar-refractivity contribution >= 4 is 43.7 Å². The SMILES string of the molecule is c1ccc(-c2cc(-c3ccccc3)nc(-c3cccc(-c4ccc(-n5c6ccccc6c6c7c(ccc65)oc5ccccc57)cc4)c3)n2)cc1. The first-order valence-electron chi connectivity index (χ1n) is 16.8. The van der Waals surface area contributed by atoms with Gasteiger partial charge in [-0.15, -0.1) is 0 Å². The third-order valence-electron chi connectivity index (χ3n) is 9.62. The monoisotopic (exact) mass is 639 g/mol. The quantitative estimate of drug-likeness (QED) is 0.188. The first kappa shape index (κ1) is 28.3. The summed E-state index contributed by atoms with van der Waals surface area (Å²) in [5.41, 5.74) is 12.4. The second-order valence-electron chi connectivity index (χ2n) is 12.6. The van der Waals surface area contributed by atoms with E-state index in [-0.39, 0.29) is 0 Å². The highest BCUT2D eigenvalue weighted by Crippen LogP contribution is 2.41. The maximum absolute atomic E-state index is 6.27. The third-order valence-corrected chi connectivity index (χ3v) is 9.62. The van der Waals surface area contributed by atoms with E-state index in [1.807, 2.05) is 48.5 Å². The smallest absolute Gasteiger partial charge is 0.160 e. The van der Waals surface area contributed by atoms with E-state index in [1.165, 1.54) is 16.3 Å². The minimum absolute atomic E-state index is 0.701. The first-order valence-corrected chi connectivity index (χ1v) is 16.8. The molecule has 4 nitrogen and oxygen atoms in total. The lowest BCUT2D eigenvalue weighted by atomic mass is 10.0. The number of furan rings is 1. The molecule has 0 atom stereocenters. The fourth-order valence-corrected chi connectivity index (χ4v) is 7.28. The minimum Gasteiger partial charge on any atom is -0.456 e. The van der Waals surface area contributed by atoms with Crippen LogP contribution in [0.3, 0.4) is 0 Å². The maximum Gasteiger partial charge on any atom is 0.160 e. The first-order chi connectivity index (χ1) is 24.8. The topological polar surface area (TPSA) is 43.9 Å². The van der Waals surface area contributed by atoms with Gasteiger partial charge in [-0.3, -0.25) is 0 Å². The molecule has 0 saturated carbocycles. The van der Waals surface area contributed by atoms with E-state index in [0.717, 1.165) is 72.3 Å². The number of benzene rings is 7. The Balaban J connectivity index is 1.07. The Morgan fingerprint density at radius 2 is 1.00 bits per heavy atom. The zero-order valence-corrected chi connectivity index (χ0v) is 27.0. The van der Waals surface area contributed by atoms with Crippen molar-refractivity contribution in [2.75, 3.05) is 0 Å². The lowest BCUT2D eigenvalue weighted by Gasteiger charge is -2.11. The van der Waals surface area contributed by atoms with Crippen LogP contribution in [0.25, 0.3) is 94.5 Å². The summed E-state index contributed by atoms with van der Waals surface area (Å²) >= 11 is 0. The van der Waals surface area contributed by atoms with Crippen molar-refractivity contribution in [1.29, 1.82) is 0 Å². The Bertz CT molecular complexity index is 2790. The van der Waals surface area contributed by atoms with Crippen molar-refractivity contribution in [3.63, 3.8) is 0 Å². The molecular formula is C46H29N3O. The van der Waals surface area contributed by atoms with Gasteiger partial charge in [-0.05, 0) is 59.7 Å². The molecule has 0 aliphatic carbocycles. The molecule has 0 aliphatic heterocycles. The van der Waals surface area contributed by atoms with Crippen LogP contribution in [0.15, 0.2) is 180 Å². The fourth-order valence-electron chi connectivity index (χ4n) is 7.28. The molecule has 0 aliphatic rings. The molecule has 0 saturated heterocycles. The van der Waals surface area contributed by atoms with Crippen molar-refractivity contribution < 1.29 is 4.42 Å².